The summed E-state index contributed by atoms with van der Waals surface area (Å²) in [6.07, 6.45) is 0. The maximum absolute atomic E-state index is 14.9. The highest BCUT2D eigenvalue weighted by Gasteiger charge is 2.23. The van der Waals surface area contributed by atoms with E-state index in [1.807, 2.05) is 8.80 Å². The Bertz CT molecular complexity index is 4020. The van der Waals surface area contributed by atoms with Crippen LogP contribution in [-0.2, 0) is 0 Å². The first-order chi connectivity index (χ1) is 28.1. The molecule has 0 spiro atoms. The zero-order chi connectivity index (χ0) is 39.7. The van der Waals surface area contributed by atoms with E-state index in [0.29, 0.717) is 55.0 Å². The molecule has 0 amide bonds. The molecule has 58 heavy (non-hydrogen) atoms. The number of fused-ring (bicyclic) bond motifs is 8. The lowest BCUT2D eigenvalue weighted by Crippen LogP contribution is -2.17. The molecular weight excluding hydrogens is 735 g/mol. The summed E-state index contributed by atoms with van der Waals surface area (Å²) in [4.78, 5) is 61.8. The molecule has 4 aromatic heterocycles. The topological polar surface area (TPSA) is 105 Å². The SMILES string of the molecule is [C-]#[N+]c1cc(C#N)cc(-c2cc3c(=O)c4ccccc4n4c5cc6c(cc5c(=O)c(c2)c34)c(=O)c2cc(-c3cc(F)cc(F)c3)cc3c(=O)c4ccccc4n6c32)c1. The Hall–Kier alpha value is -8.34. The number of rotatable bonds is 2. The Morgan fingerprint density at radius 2 is 0.897 bits per heavy atom. The lowest BCUT2D eigenvalue weighted by Gasteiger charge is -2.19. The Kier molecular flexibility index (Phi) is 6.60. The number of nitriles is 1. The van der Waals surface area contributed by atoms with E-state index < -0.39 is 22.5 Å². The summed E-state index contributed by atoms with van der Waals surface area (Å²) in [5, 5.41) is 11.5. The summed E-state index contributed by atoms with van der Waals surface area (Å²) in [5.74, 6) is -1.64. The molecule has 10 heteroatoms. The lowest BCUT2D eigenvalue weighted by atomic mass is 9.94. The maximum atomic E-state index is 14.9. The fraction of sp³-hybridized carbons (Fsp3) is 0. The van der Waals surface area contributed by atoms with Gasteiger partial charge in [0.05, 0.1) is 45.7 Å². The molecule has 0 fully saturated rings. The number of hydrogen-bond acceptors (Lipinski definition) is 5. The van der Waals surface area contributed by atoms with Gasteiger partial charge in [-0.3, -0.25) is 19.2 Å². The van der Waals surface area contributed by atoms with Crippen LogP contribution >= 0.6 is 0 Å². The summed E-state index contributed by atoms with van der Waals surface area (Å²) < 4.78 is 32.6. The van der Waals surface area contributed by atoms with E-state index in [2.05, 4.69) is 10.9 Å². The molecule has 8 nitrogen and oxygen atoms in total. The van der Waals surface area contributed by atoms with Gasteiger partial charge in [-0.25, -0.2) is 13.6 Å². The predicted molar refractivity (Wildman–Crippen MR) is 223 cm³/mol. The van der Waals surface area contributed by atoms with Gasteiger partial charge in [0.25, 0.3) is 0 Å². The summed E-state index contributed by atoms with van der Waals surface area (Å²) in [6.45, 7) is 7.59. The molecule has 0 saturated heterocycles. The number of benzene rings is 7. The van der Waals surface area contributed by atoms with Crippen molar-refractivity contribution in [3.8, 4) is 28.3 Å². The molecule has 11 aromatic rings. The first-order valence-corrected chi connectivity index (χ1v) is 18.0. The quantitative estimate of drug-likeness (QED) is 0.0994. The Labute approximate surface area is 323 Å². The van der Waals surface area contributed by atoms with Gasteiger partial charge in [-0.1, -0.05) is 24.3 Å². The van der Waals surface area contributed by atoms with Crippen molar-refractivity contribution < 1.29 is 8.78 Å². The number of pyridine rings is 4. The third kappa shape index (κ3) is 4.39. The van der Waals surface area contributed by atoms with Crippen LogP contribution in [0.5, 0.6) is 0 Å². The van der Waals surface area contributed by atoms with Crippen LogP contribution in [0.3, 0.4) is 0 Å². The van der Waals surface area contributed by atoms with E-state index >= 15 is 0 Å². The van der Waals surface area contributed by atoms with Gasteiger partial charge in [-0.05, 0) is 113 Å². The number of para-hydroxylation sites is 2. The second-order valence-corrected chi connectivity index (χ2v) is 14.4. The zero-order valence-electron chi connectivity index (χ0n) is 29.7. The molecular formula is C48H20F2N4O4. The molecule has 0 aliphatic rings. The van der Waals surface area contributed by atoms with Crippen molar-refractivity contribution in [3.05, 3.63) is 191 Å². The van der Waals surface area contributed by atoms with Crippen molar-refractivity contribution in [1.29, 1.82) is 5.26 Å². The third-order valence-corrected chi connectivity index (χ3v) is 11.2. The van der Waals surface area contributed by atoms with E-state index in [4.69, 9.17) is 6.57 Å². The van der Waals surface area contributed by atoms with Gasteiger partial charge in [-0.2, -0.15) is 5.26 Å². The van der Waals surface area contributed by atoms with Crippen molar-refractivity contribution in [2.24, 2.45) is 0 Å². The van der Waals surface area contributed by atoms with Crippen molar-refractivity contribution >= 4 is 81.9 Å². The minimum absolute atomic E-state index is 0.114. The first kappa shape index (κ1) is 33.0. The highest BCUT2D eigenvalue weighted by Crippen LogP contribution is 2.36. The van der Waals surface area contributed by atoms with Crippen LogP contribution in [0, 0.1) is 29.5 Å². The van der Waals surface area contributed by atoms with Gasteiger partial charge >= 0.3 is 0 Å². The monoisotopic (exact) mass is 754 g/mol. The van der Waals surface area contributed by atoms with Gasteiger partial charge < -0.3 is 8.80 Å². The number of nitrogens with zero attached hydrogens (tertiary/aromatic N) is 4. The molecule has 0 aliphatic carbocycles. The van der Waals surface area contributed by atoms with Crippen LogP contribution in [-0.4, -0.2) is 8.80 Å². The lowest BCUT2D eigenvalue weighted by molar-refractivity contribution is 0.584. The number of halogens is 2. The van der Waals surface area contributed by atoms with Crippen molar-refractivity contribution in [3.63, 3.8) is 0 Å². The zero-order valence-corrected chi connectivity index (χ0v) is 29.7. The van der Waals surface area contributed by atoms with E-state index in [1.165, 1.54) is 18.2 Å². The molecule has 0 unspecified atom stereocenters. The molecule has 0 N–H and O–H groups in total. The van der Waals surface area contributed by atoms with Crippen LogP contribution < -0.4 is 21.7 Å². The third-order valence-electron chi connectivity index (χ3n) is 11.2. The van der Waals surface area contributed by atoms with E-state index in [9.17, 15) is 33.2 Å². The van der Waals surface area contributed by atoms with Crippen LogP contribution in [0.15, 0.2) is 141 Å². The second kappa shape index (κ2) is 11.6. The molecule has 0 bridgehead atoms. The average molecular weight is 755 g/mol. The fourth-order valence-electron chi connectivity index (χ4n) is 8.76. The van der Waals surface area contributed by atoms with Crippen LogP contribution in [0.25, 0.3) is 103 Å². The number of aromatic nitrogens is 2. The minimum Gasteiger partial charge on any atom is -0.307 e. The van der Waals surface area contributed by atoms with Gasteiger partial charge in [0, 0.05) is 54.7 Å². The van der Waals surface area contributed by atoms with Crippen molar-refractivity contribution in [2.45, 2.75) is 0 Å². The summed E-state index contributed by atoms with van der Waals surface area (Å²) in [5.41, 5.74) is 2.63. The molecule has 7 aromatic carbocycles. The van der Waals surface area contributed by atoms with E-state index in [-0.39, 0.29) is 65.6 Å². The molecule has 0 atom stereocenters. The van der Waals surface area contributed by atoms with Gasteiger partial charge in [0.15, 0.2) is 27.4 Å². The summed E-state index contributed by atoms with van der Waals surface area (Å²) in [7, 11) is 0. The maximum Gasteiger partial charge on any atom is 0.197 e. The Morgan fingerprint density at radius 1 is 0.466 bits per heavy atom. The van der Waals surface area contributed by atoms with Crippen LogP contribution in [0.2, 0.25) is 0 Å². The summed E-state index contributed by atoms with van der Waals surface area (Å²) in [6, 6.07) is 33.3. The molecule has 11 rings (SSSR count). The fourth-order valence-corrected chi connectivity index (χ4v) is 8.76. The predicted octanol–water partition coefficient (Wildman–Crippen LogP) is 9.46. The standard InChI is InChI=1S/C48H20F2N4O4/c1-52-30-11-23(22-51)10-24(14-30)26-15-35-43-37(16-26)47(57)33-20-34-42(21-41(33)53(43)39-8-4-2-6-31(39)45(35)55)54-40-9-5-3-7-32(40)46(56)36-17-27(18-38(44(36)54)48(34)58)25-12-28(49)19-29(50)13-25/h2-21H. The van der Waals surface area contributed by atoms with E-state index in [1.54, 1.807) is 84.9 Å². The first-order valence-electron chi connectivity index (χ1n) is 18.0. The van der Waals surface area contributed by atoms with Gasteiger partial charge in [0.2, 0.25) is 0 Å². The normalized spacial score (nSPS) is 11.9. The summed E-state index contributed by atoms with van der Waals surface area (Å²) >= 11 is 0. The molecule has 0 radical (unpaired) electrons. The minimum atomic E-state index is -0.821. The Balaban J connectivity index is 1.37. The van der Waals surface area contributed by atoms with Crippen LogP contribution in [0.4, 0.5) is 14.5 Å². The smallest absolute Gasteiger partial charge is 0.197 e. The van der Waals surface area contributed by atoms with Crippen LogP contribution in [0.1, 0.15) is 5.56 Å². The molecule has 270 valence electrons. The Morgan fingerprint density at radius 3 is 1.36 bits per heavy atom. The molecule has 0 saturated carbocycles. The molecule has 0 aliphatic heterocycles. The van der Waals surface area contributed by atoms with Gasteiger partial charge in [0.1, 0.15) is 11.6 Å². The largest absolute Gasteiger partial charge is 0.307 e. The van der Waals surface area contributed by atoms with Crippen molar-refractivity contribution in [2.75, 3.05) is 0 Å². The highest BCUT2D eigenvalue weighted by atomic mass is 19.1. The second-order valence-electron chi connectivity index (χ2n) is 14.4. The highest BCUT2D eigenvalue weighted by molar-refractivity contribution is 6.14. The van der Waals surface area contributed by atoms with E-state index in [0.717, 1.165) is 18.2 Å². The van der Waals surface area contributed by atoms with Gasteiger partial charge in [-0.15, -0.1) is 0 Å². The van der Waals surface area contributed by atoms with Crippen molar-refractivity contribution in [1.82, 2.24) is 8.80 Å². The average Bonchev–Trinajstić information content (AvgIpc) is 3.24. The molecule has 4 heterocycles. The number of hydrogen-bond donors (Lipinski definition) is 0.